The molecule has 0 amide bonds. The topological polar surface area (TPSA) is 51.3 Å². The largest absolute Gasteiger partial charge is 0.378 e. The zero-order valence-electron chi connectivity index (χ0n) is 8.47. The predicted octanol–water partition coefficient (Wildman–Crippen LogP) is 2.56. The van der Waals surface area contributed by atoms with E-state index in [-0.39, 0.29) is 0 Å². The molecular weight excluding hydrogens is 194 g/mol. The van der Waals surface area contributed by atoms with Crippen LogP contribution in [-0.4, -0.2) is 15.4 Å². The molecule has 0 saturated heterocycles. The van der Waals surface area contributed by atoms with E-state index in [2.05, 4.69) is 23.8 Å². The van der Waals surface area contributed by atoms with Gasteiger partial charge < -0.3 is 5.73 Å². The van der Waals surface area contributed by atoms with Crippen molar-refractivity contribution in [3.8, 4) is 0 Å². The van der Waals surface area contributed by atoms with E-state index in [0.717, 1.165) is 6.42 Å². The quantitative estimate of drug-likeness (QED) is 0.615. The fourth-order valence-electron chi connectivity index (χ4n) is 0.849. The molecule has 0 radical (unpaired) electrons. The van der Waals surface area contributed by atoms with E-state index < -0.39 is 0 Å². The summed E-state index contributed by atoms with van der Waals surface area (Å²) in [6.07, 6.45) is 2.79. The summed E-state index contributed by atoms with van der Waals surface area (Å²) in [5.74, 6) is 0.667. The molecule has 1 aromatic heterocycles. The van der Waals surface area contributed by atoms with Gasteiger partial charge in [-0.1, -0.05) is 31.7 Å². The third kappa shape index (κ3) is 3.79. The Balaban J connectivity index is 2.60. The Morgan fingerprint density at radius 2 is 2.43 bits per heavy atom. The summed E-state index contributed by atoms with van der Waals surface area (Å²) in [6, 6.07) is 5.59. The minimum absolute atomic E-state index is 0.502. The van der Waals surface area contributed by atoms with Crippen LogP contribution in [0.2, 0.25) is 0 Å². The van der Waals surface area contributed by atoms with Crippen molar-refractivity contribution in [3.63, 3.8) is 0 Å². The Morgan fingerprint density at radius 3 is 3.00 bits per heavy atom. The van der Waals surface area contributed by atoms with E-state index in [9.17, 15) is 0 Å². The van der Waals surface area contributed by atoms with Crippen LogP contribution in [0.4, 0.5) is 5.82 Å². The standard InChI is InChI=1S/C10H15N3S/c1-3-8(2)14-10(11)13-9-6-4-5-7-12-9/h4-8H,3H2,1-2H3,(H2,11,12,13)/t8-/m0/s1. The lowest BCUT2D eigenvalue weighted by molar-refractivity contribution is 0.911. The summed E-state index contributed by atoms with van der Waals surface area (Å²) >= 11 is 1.58. The minimum Gasteiger partial charge on any atom is -0.378 e. The lowest BCUT2D eigenvalue weighted by Crippen LogP contribution is -2.10. The second-order valence-electron chi connectivity index (χ2n) is 2.97. The second-order valence-corrected chi connectivity index (χ2v) is 4.43. The average molecular weight is 209 g/mol. The molecule has 3 nitrogen and oxygen atoms in total. The van der Waals surface area contributed by atoms with Gasteiger partial charge in [-0.15, -0.1) is 0 Å². The van der Waals surface area contributed by atoms with Gasteiger partial charge in [0.05, 0.1) is 0 Å². The summed E-state index contributed by atoms with van der Waals surface area (Å²) in [6.45, 7) is 4.26. The summed E-state index contributed by atoms with van der Waals surface area (Å²) in [5, 5.41) is 1.08. The number of rotatable bonds is 3. The van der Waals surface area contributed by atoms with Gasteiger partial charge >= 0.3 is 0 Å². The van der Waals surface area contributed by atoms with Crippen LogP contribution in [0.1, 0.15) is 20.3 Å². The van der Waals surface area contributed by atoms with Crippen LogP contribution in [0.15, 0.2) is 29.4 Å². The third-order valence-electron chi connectivity index (χ3n) is 1.77. The number of amidine groups is 1. The van der Waals surface area contributed by atoms with E-state index in [4.69, 9.17) is 5.73 Å². The van der Waals surface area contributed by atoms with Crippen molar-refractivity contribution in [2.45, 2.75) is 25.5 Å². The van der Waals surface area contributed by atoms with Gasteiger partial charge in [0.25, 0.3) is 0 Å². The molecule has 1 atom stereocenters. The number of pyridine rings is 1. The van der Waals surface area contributed by atoms with Crippen LogP contribution in [0.3, 0.4) is 0 Å². The number of thioether (sulfide) groups is 1. The van der Waals surface area contributed by atoms with Gasteiger partial charge in [-0.05, 0) is 18.6 Å². The number of nitrogens with two attached hydrogens (primary N) is 1. The van der Waals surface area contributed by atoms with Gasteiger partial charge in [-0.3, -0.25) is 0 Å². The van der Waals surface area contributed by atoms with Gasteiger partial charge in [0.2, 0.25) is 0 Å². The normalized spacial score (nSPS) is 14.0. The molecule has 4 heteroatoms. The fourth-order valence-corrected chi connectivity index (χ4v) is 1.57. The molecule has 2 N–H and O–H groups in total. The molecule has 1 rings (SSSR count). The van der Waals surface area contributed by atoms with Crippen molar-refractivity contribution < 1.29 is 0 Å². The fraction of sp³-hybridized carbons (Fsp3) is 0.400. The molecule has 0 spiro atoms. The maximum atomic E-state index is 5.76. The van der Waals surface area contributed by atoms with E-state index in [1.54, 1.807) is 18.0 Å². The van der Waals surface area contributed by atoms with Crippen molar-refractivity contribution in [2.75, 3.05) is 0 Å². The first-order valence-electron chi connectivity index (χ1n) is 4.64. The molecule has 0 fully saturated rings. The molecule has 0 bridgehead atoms. The number of hydrogen-bond acceptors (Lipinski definition) is 3. The Labute approximate surface area is 88.8 Å². The van der Waals surface area contributed by atoms with Crippen molar-refractivity contribution in [3.05, 3.63) is 24.4 Å². The maximum Gasteiger partial charge on any atom is 0.161 e. The van der Waals surface area contributed by atoms with Crippen molar-refractivity contribution in [2.24, 2.45) is 10.7 Å². The minimum atomic E-state index is 0.502. The van der Waals surface area contributed by atoms with Crippen molar-refractivity contribution in [1.29, 1.82) is 0 Å². The van der Waals surface area contributed by atoms with Crippen LogP contribution in [0.25, 0.3) is 0 Å². The van der Waals surface area contributed by atoms with Crippen LogP contribution < -0.4 is 5.73 Å². The van der Waals surface area contributed by atoms with Crippen LogP contribution in [-0.2, 0) is 0 Å². The van der Waals surface area contributed by atoms with Gasteiger partial charge in [-0.25, -0.2) is 9.98 Å². The highest BCUT2D eigenvalue weighted by atomic mass is 32.2. The lowest BCUT2D eigenvalue weighted by atomic mass is 10.4. The highest BCUT2D eigenvalue weighted by Gasteiger charge is 2.02. The lowest BCUT2D eigenvalue weighted by Gasteiger charge is -2.06. The molecule has 0 aliphatic carbocycles. The summed E-state index contributed by atoms with van der Waals surface area (Å²) in [4.78, 5) is 8.26. The van der Waals surface area contributed by atoms with E-state index in [0.29, 0.717) is 16.2 Å². The highest BCUT2D eigenvalue weighted by molar-refractivity contribution is 8.14. The Hall–Kier alpha value is -1.03. The second kappa shape index (κ2) is 5.65. The molecule has 14 heavy (non-hydrogen) atoms. The van der Waals surface area contributed by atoms with Crippen LogP contribution >= 0.6 is 11.8 Å². The molecular formula is C10H15N3S. The van der Waals surface area contributed by atoms with Gasteiger partial charge in [0.1, 0.15) is 0 Å². The monoisotopic (exact) mass is 209 g/mol. The first-order valence-corrected chi connectivity index (χ1v) is 5.52. The Kier molecular flexibility index (Phi) is 4.46. The summed E-state index contributed by atoms with van der Waals surface area (Å²) < 4.78 is 0. The van der Waals surface area contributed by atoms with E-state index >= 15 is 0 Å². The first-order chi connectivity index (χ1) is 6.72. The van der Waals surface area contributed by atoms with Gasteiger partial charge in [-0.2, -0.15) is 0 Å². The van der Waals surface area contributed by atoms with E-state index in [1.165, 1.54) is 0 Å². The Bertz CT molecular complexity index is 297. The smallest absolute Gasteiger partial charge is 0.161 e. The third-order valence-corrected chi connectivity index (χ3v) is 2.84. The molecule has 0 aliphatic rings. The summed E-state index contributed by atoms with van der Waals surface area (Å²) in [5.41, 5.74) is 5.76. The van der Waals surface area contributed by atoms with Gasteiger partial charge in [0, 0.05) is 11.4 Å². The Morgan fingerprint density at radius 1 is 1.64 bits per heavy atom. The SMILES string of the molecule is CC[C@H](C)SC(N)=Nc1ccccn1. The number of aromatic nitrogens is 1. The number of aliphatic imine (C=N–C) groups is 1. The average Bonchev–Trinajstić information content (AvgIpc) is 2.19. The molecule has 0 unspecified atom stereocenters. The van der Waals surface area contributed by atoms with E-state index in [1.807, 2.05) is 18.2 Å². The van der Waals surface area contributed by atoms with Crippen LogP contribution in [0, 0.1) is 0 Å². The maximum absolute atomic E-state index is 5.76. The first kappa shape index (κ1) is 11.0. The molecule has 1 heterocycles. The molecule has 0 saturated carbocycles. The molecule has 76 valence electrons. The van der Waals surface area contributed by atoms with Crippen molar-refractivity contribution >= 4 is 22.7 Å². The predicted molar refractivity (Wildman–Crippen MR) is 62.9 cm³/mol. The zero-order chi connectivity index (χ0) is 10.4. The number of nitrogens with zero attached hydrogens (tertiary/aromatic N) is 2. The van der Waals surface area contributed by atoms with Gasteiger partial charge in [0.15, 0.2) is 11.0 Å². The molecule has 0 aromatic carbocycles. The molecule has 0 aliphatic heterocycles. The van der Waals surface area contributed by atoms with Crippen LogP contribution in [0.5, 0.6) is 0 Å². The molecule has 1 aromatic rings. The zero-order valence-corrected chi connectivity index (χ0v) is 9.29. The highest BCUT2D eigenvalue weighted by Crippen LogP contribution is 2.15. The summed E-state index contributed by atoms with van der Waals surface area (Å²) in [7, 11) is 0. The van der Waals surface area contributed by atoms with Crippen molar-refractivity contribution in [1.82, 2.24) is 4.98 Å². The number of hydrogen-bond donors (Lipinski definition) is 1.